The fourth-order valence-electron chi connectivity index (χ4n) is 4.57. The molecule has 3 heterocycles. The molecule has 148 valence electrons. The van der Waals surface area contributed by atoms with Crippen LogP contribution in [0.25, 0.3) is 0 Å². The lowest BCUT2D eigenvalue weighted by Crippen LogP contribution is -2.42. The number of rotatable bonds is 7. The Kier molecular flexibility index (Phi) is 7.10. The number of hydrogen-bond acceptors (Lipinski definition) is 4. The van der Waals surface area contributed by atoms with Crippen molar-refractivity contribution in [1.82, 2.24) is 24.8 Å². The lowest BCUT2D eigenvalue weighted by molar-refractivity contribution is 0.0918. The number of piperidine rings is 2. The van der Waals surface area contributed by atoms with Crippen molar-refractivity contribution in [2.24, 2.45) is 17.8 Å². The minimum absolute atomic E-state index is 0.457. The first-order valence-corrected chi connectivity index (χ1v) is 10.9. The smallest absolute Gasteiger partial charge is 0.0946 e. The highest BCUT2D eigenvalue weighted by molar-refractivity contribution is 4.98. The molecule has 2 aliphatic rings. The standard InChI is InChI=1S/C21H39N5/c1-5-18(4)20-8-12-24(13-9-20)14-19-6-10-25(11-7-19)16-26-15-21(17(2)3)22-23-26/h15,17-20H,5-14,16H2,1-4H3. The summed E-state index contributed by atoms with van der Waals surface area (Å²) in [6.07, 6.45) is 8.94. The summed E-state index contributed by atoms with van der Waals surface area (Å²) in [5.74, 6) is 3.22. The van der Waals surface area contributed by atoms with Gasteiger partial charge < -0.3 is 4.90 Å². The summed E-state index contributed by atoms with van der Waals surface area (Å²) in [7, 11) is 0. The molecule has 5 heteroatoms. The third kappa shape index (κ3) is 5.29. The van der Waals surface area contributed by atoms with Crippen LogP contribution in [0.2, 0.25) is 0 Å². The van der Waals surface area contributed by atoms with E-state index in [4.69, 9.17) is 0 Å². The first kappa shape index (κ1) is 19.8. The van der Waals surface area contributed by atoms with E-state index >= 15 is 0 Å². The van der Waals surface area contributed by atoms with Crippen molar-refractivity contribution in [3.63, 3.8) is 0 Å². The Balaban J connectivity index is 1.36. The van der Waals surface area contributed by atoms with Crippen LogP contribution in [0.5, 0.6) is 0 Å². The van der Waals surface area contributed by atoms with Crippen LogP contribution in [0.4, 0.5) is 0 Å². The Bertz CT molecular complexity index is 524. The molecule has 1 aromatic heterocycles. The second-order valence-electron chi connectivity index (χ2n) is 9.06. The molecule has 0 radical (unpaired) electrons. The van der Waals surface area contributed by atoms with Gasteiger partial charge in [-0.25, -0.2) is 4.68 Å². The summed E-state index contributed by atoms with van der Waals surface area (Å²) in [6, 6.07) is 0. The number of nitrogens with zero attached hydrogens (tertiary/aromatic N) is 5. The molecule has 0 aliphatic carbocycles. The number of likely N-dealkylation sites (tertiary alicyclic amines) is 2. The Morgan fingerprint density at radius 3 is 2.23 bits per heavy atom. The number of hydrogen-bond donors (Lipinski definition) is 0. The van der Waals surface area contributed by atoms with Gasteiger partial charge in [-0.2, -0.15) is 0 Å². The molecule has 2 saturated heterocycles. The molecule has 0 aromatic carbocycles. The van der Waals surface area contributed by atoms with Crippen LogP contribution in [0.1, 0.15) is 71.4 Å². The van der Waals surface area contributed by atoms with Gasteiger partial charge >= 0.3 is 0 Å². The molecule has 3 rings (SSSR count). The van der Waals surface area contributed by atoms with Gasteiger partial charge in [0.05, 0.1) is 18.6 Å². The highest BCUT2D eigenvalue weighted by atomic mass is 15.5. The van der Waals surface area contributed by atoms with E-state index in [9.17, 15) is 0 Å². The second-order valence-corrected chi connectivity index (χ2v) is 9.06. The zero-order valence-corrected chi connectivity index (χ0v) is 17.4. The van der Waals surface area contributed by atoms with E-state index in [1.54, 1.807) is 0 Å². The second kappa shape index (κ2) is 9.32. The monoisotopic (exact) mass is 361 g/mol. The number of aromatic nitrogens is 3. The summed E-state index contributed by atoms with van der Waals surface area (Å²) >= 11 is 0. The predicted molar refractivity (Wildman–Crippen MR) is 107 cm³/mol. The van der Waals surface area contributed by atoms with E-state index in [-0.39, 0.29) is 0 Å². The molecule has 0 N–H and O–H groups in total. The summed E-state index contributed by atoms with van der Waals surface area (Å²) in [4.78, 5) is 5.27. The normalized spacial score (nSPS) is 23.0. The van der Waals surface area contributed by atoms with E-state index in [0.717, 1.165) is 30.1 Å². The summed E-state index contributed by atoms with van der Waals surface area (Å²) in [5, 5.41) is 8.57. The average Bonchev–Trinajstić information content (AvgIpc) is 3.12. The van der Waals surface area contributed by atoms with E-state index < -0.39 is 0 Å². The minimum atomic E-state index is 0.457. The van der Waals surface area contributed by atoms with Gasteiger partial charge in [-0.15, -0.1) is 5.10 Å². The Hall–Kier alpha value is -0.940. The summed E-state index contributed by atoms with van der Waals surface area (Å²) < 4.78 is 2.01. The van der Waals surface area contributed by atoms with Gasteiger partial charge in [-0.05, 0) is 62.4 Å². The molecule has 0 bridgehead atoms. The molecule has 0 spiro atoms. The highest BCUT2D eigenvalue weighted by Gasteiger charge is 2.26. The van der Waals surface area contributed by atoms with E-state index in [2.05, 4.69) is 54.0 Å². The van der Waals surface area contributed by atoms with Crippen molar-refractivity contribution < 1.29 is 0 Å². The van der Waals surface area contributed by atoms with Gasteiger partial charge in [0.15, 0.2) is 0 Å². The van der Waals surface area contributed by atoms with E-state index in [1.807, 2.05) is 4.68 Å². The van der Waals surface area contributed by atoms with Crippen molar-refractivity contribution in [2.45, 2.75) is 72.4 Å². The maximum Gasteiger partial charge on any atom is 0.0946 e. The van der Waals surface area contributed by atoms with Gasteiger partial charge in [0, 0.05) is 19.6 Å². The first-order valence-electron chi connectivity index (χ1n) is 10.9. The third-order valence-electron chi connectivity index (χ3n) is 6.80. The Morgan fingerprint density at radius 2 is 1.65 bits per heavy atom. The topological polar surface area (TPSA) is 37.2 Å². The van der Waals surface area contributed by atoms with E-state index in [0.29, 0.717) is 5.92 Å². The molecular weight excluding hydrogens is 322 g/mol. The van der Waals surface area contributed by atoms with Crippen LogP contribution >= 0.6 is 0 Å². The minimum Gasteiger partial charge on any atom is -0.303 e. The van der Waals surface area contributed by atoms with Gasteiger partial charge in [0.1, 0.15) is 0 Å². The maximum atomic E-state index is 4.29. The van der Waals surface area contributed by atoms with Crippen molar-refractivity contribution in [1.29, 1.82) is 0 Å². The van der Waals surface area contributed by atoms with Crippen LogP contribution in [-0.2, 0) is 6.67 Å². The predicted octanol–water partition coefficient (Wildman–Crippen LogP) is 3.83. The maximum absolute atomic E-state index is 4.29. The fraction of sp³-hybridized carbons (Fsp3) is 0.905. The summed E-state index contributed by atoms with van der Waals surface area (Å²) in [6.45, 7) is 16.4. The largest absolute Gasteiger partial charge is 0.303 e. The molecule has 26 heavy (non-hydrogen) atoms. The average molecular weight is 362 g/mol. The Morgan fingerprint density at radius 1 is 1.00 bits per heavy atom. The molecule has 2 fully saturated rings. The van der Waals surface area contributed by atoms with Crippen LogP contribution in [0, 0.1) is 17.8 Å². The third-order valence-corrected chi connectivity index (χ3v) is 6.80. The SMILES string of the molecule is CCC(C)C1CCN(CC2CCN(Cn3cc(C(C)C)nn3)CC2)CC1. The fourth-order valence-corrected chi connectivity index (χ4v) is 4.57. The molecule has 1 atom stereocenters. The van der Waals surface area contributed by atoms with Gasteiger partial charge in [-0.1, -0.05) is 39.3 Å². The molecule has 5 nitrogen and oxygen atoms in total. The lowest BCUT2D eigenvalue weighted by atomic mass is 9.83. The van der Waals surface area contributed by atoms with Crippen LogP contribution < -0.4 is 0 Å². The van der Waals surface area contributed by atoms with Gasteiger partial charge in [0.25, 0.3) is 0 Å². The molecule has 1 unspecified atom stereocenters. The summed E-state index contributed by atoms with van der Waals surface area (Å²) in [5.41, 5.74) is 1.10. The van der Waals surface area contributed by atoms with Gasteiger partial charge in [0.2, 0.25) is 0 Å². The quantitative estimate of drug-likeness (QED) is 0.740. The van der Waals surface area contributed by atoms with Crippen LogP contribution in [0.3, 0.4) is 0 Å². The van der Waals surface area contributed by atoms with Crippen molar-refractivity contribution in [3.8, 4) is 0 Å². The molecular formula is C21H39N5. The first-order chi connectivity index (χ1) is 12.5. The van der Waals surface area contributed by atoms with Crippen molar-refractivity contribution in [2.75, 3.05) is 32.7 Å². The zero-order valence-electron chi connectivity index (χ0n) is 17.4. The van der Waals surface area contributed by atoms with Crippen LogP contribution in [0.15, 0.2) is 6.20 Å². The van der Waals surface area contributed by atoms with Gasteiger partial charge in [-0.3, -0.25) is 4.90 Å². The zero-order chi connectivity index (χ0) is 18.5. The van der Waals surface area contributed by atoms with Crippen molar-refractivity contribution >= 4 is 0 Å². The van der Waals surface area contributed by atoms with E-state index in [1.165, 1.54) is 64.8 Å². The van der Waals surface area contributed by atoms with Crippen LogP contribution in [-0.4, -0.2) is 57.5 Å². The molecule has 0 amide bonds. The highest BCUT2D eigenvalue weighted by Crippen LogP contribution is 2.28. The lowest BCUT2D eigenvalue weighted by Gasteiger charge is -2.38. The molecule has 1 aromatic rings. The molecule has 0 saturated carbocycles. The Labute approximate surface area is 160 Å². The molecule has 2 aliphatic heterocycles. The van der Waals surface area contributed by atoms with Crippen molar-refractivity contribution in [3.05, 3.63) is 11.9 Å².